The fraction of sp³-hybridized carbons (Fsp3) is 0.421. The summed E-state index contributed by atoms with van der Waals surface area (Å²) in [6.45, 7) is 7.60. The van der Waals surface area contributed by atoms with Crippen molar-refractivity contribution in [3.05, 3.63) is 40.9 Å². The van der Waals surface area contributed by atoms with Gasteiger partial charge in [0.2, 0.25) is 11.9 Å². The summed E-state index contributed by atoms with van der Waals surface area (Å²) >= 11 is 5.78. The molecule has 0 bridgehead atoms. The lowest BCUT2D eigenvalue weighted by molar-refractivity contribution is -0.116. The minimum absolute atomic E-state index is 0.0558. The third kappa shape index (κ3) is 6.85. The molecule has 0 aliphatic rings. The highest BCUT2D eigenvalue weighted by atomic mass is 35.5. The van der Waals surface area contributed by atoms with Gasteiger partial charge in [0.15, 0.2) is 5.69 Å². The van der Waals surface area contributed by atoms with E-state index in [1.165, 1.54) is 23.1 Å². The zero-order valence-corrected chi connectivity index (χ0v) is 18.8. The Balaban J connectivity index is 1.98. The van der Waals surface area contributed by atoms with Gasteiger partial charge in [0.25, 0.3) is 0 Å². The molecular weight excluding hydrogens is 413 g/mol. The molecule has 0 aliphatic heterocycles. The molecule has 1 heterocycles. The number of imidazole rings is 1. The summed E-state index contributed by atoms with van der Waals surface area (Å²) in [7, 11) is 0.375. The normalized spacial score (nSPS) is 11.2. The van der Waals surface area contributed by atoms with Crippen molar-refractivity contribution in [3.63, 3.8) is 0 Å². The van der Waals surface area contributed by atoms with E-state index in [2.05, 4.69) is 29.9 Å². The molecule has 156 valence electrons. The lowest BCUT2D eigenvalue weighted by Gasteiger charge is -2.19. The van der Waals surface area contributed by atoms with Crippen LogP contribution in [0.25, 0.3) is 0 Å². The van der Waals surface area contributed by atoms with Gasteiger partial charge in [-0.1, -0.05) is 31.2 Å². The number of halogens is 2. The van der Waals surface area contributed by atoms with Crippen molar-refractivity contribution in [2.24, 2.45) is 0 Å². The van der Waals surface area contributed by atoms with Crippen LogP contribution in [-0.4, -0.2) is 43.7 Å². The number of amides is 1. The number of hydrogen-bond donors (Lipinski definition) is 1. The smallest absolute Gasteiger partial charge is 0.246 e. The first-order chi connectivity index (χ1) is 13.6. The van der Waals surface area contributed by atoms with Gasteiger partial charge in [-0.05, 0) is 24.2 Å². The van der Waals surface area contributed by atoms with E-state index in [9.17, 15) is 9.18 Å². The number of carbonyl (C=O) groups is 1. The molecular formula is C19H25ClFN5O2Si. The number of likely N-dealkylation sites (N-methyl/N-ethyl adjacent to an activating group) is 1. The summed E-state index contributed by atoms with van der Waals surface area (Å²) in [5.41, 5.74) is 0.700. The number of nitriles is 1. The van der Waals surface area contributed by atoms with Crippen LogP contribution in [0.5, 0.6) is 0 Å². The average Bonchev–Trinajstić information content (AvgIpc) is 3.06. The molecule has 0 atom stereocenters. The number of rotatable bonds is 9. The van der Waals surface area contributed by atoms with Crippen LogP contribution in [-0.2, 0) is 16.3 Å². The van der Waals surface area contributed by atoms with Gasteiger partial charge in [0, 0.05) is 33.6 Å². The summed E-state index contributed by atoms with van der Waals surface area (Å²) in [6, 6.07) is 7.08. The molecule has 0 radical (unpaired) electrons. The van der Waals surface area contributed by atoms with Crippen LogP contribution < -0.4 is 10.2 Å². The zero-order valence-electron chi connectivity index (χ0n) is 17.0. The number of anilines is 2. The fourth-order valence-corrected chi connectivity index (χ4v) is 3.29. The van der Waals surface area contributed by atoms with Crippen molar-refractivity contribution in [3.8, 4) is 6.07 Å². The summed E-state index contributed by atoms with van der Waals surface area (Å²) in [5, 5.41) is 12.0. The number of nitrogens with zero attached hydrogens (tertiary/aromatic N) is 4. The third-order valence-electron chi connectivity index (χ3n) is 4.18. The Hall–Kier alpha value is -2.41. The molecule has 0 unspecified atom stereocenters. The van der Waals surface area contributed by atoms with Gasteiger partial charge in [-0.2, -0.15) is 5.26 Å². The first kappa shape index (κ1) is 22.9. The molecule has 10 heteroatoms. The maximum Gasteiger partial charge on any atom is 0.246 e. The predicted octanol–water partition coefficient (Wildman–Crippen LogP) is 3.93. The molecule has 0 aliphatic carbocycles. The van der Waals surface area contributed by atoms with E-state index in [1.807, 2.05) is 6.07 Å². The van der Waals surface area contributed by atoms with Gasteiger partial charge in [-0.25, -0.2) is 9.37 Å². The molecule has 29 heavy (non-hydrogen) atoms. The number of benzene rings is 1. The quantitative estimate of drug-likeness (QED) is 0.474. The van der Waals surface area contributed by atoms with Gasteiger partial charge in [0.05, 0.1) is 11.6 Å². The van der Waals surface area contributed by atoms with Crippen molar-refractivity contribution < 1.29 is 13.9 Å². The van der Waals surface area contributed by atoms with Crippen molar-refractivity contribution in [2.45, 2.75) is 32.4 Å². The van der Waals surface area contributed by atoms with Gasteiger partial charge in [0.1, 0.15) is 18.6 Å². The van der Waals surface area contributed by atoms with E-state index < -0.39 is 13.9 Å². The first-order valence-corrected chi connectivity index (χ1v) is 13.2. The highest BCUT2D eigenvalue weighted by Gasteiger charge is 2.16. The molecule has 2 rings (SSSR count). The number of ether oxygens (including phenoxy) is 1. The number of carbonyl (C=O) groups excluding carboxylic acids is 1. The molecule has 1 aromatic heterocycles. The SMILES string of the molecule is CN(C(=O)CNc1nc(C#N)cn1COCC[Si](C)(C)C)c1ccc(F)c(Cl)c1. The van der Waals surface area contributed by atoms with E-state index in [1.54, 1.807) is 17.8 Å². The maximum absolute atomic E-state index is 13.3. The van der Waals surface area contributed by atoms with Crippen LogP contribution >= 0.6 is 11.6 Å². The Morgan fingerprint density at radius 1 is 1.45 bits per heavy atom. The van der Waals surface area contributed by atoms with E-state index in [0.29, 0.717) is 18.2 Å². The number of nitrogens with one attached hydrogen (secondary N) is 1. The molecule has 1 aromatic carbocycles. The van der Waals surface area contributed by atoms with Crippen molar-refractivity contribution in [1.82, 2.24) is 9.55 Å². The van der Waals surface area contributed by atoms with E-state index in [0.717, 1.165) is 6.04 Å². The fourth-order valence-electron chi connectivity index (χ4n) is 2.36. The Morgan fingerprint density at radius 2 is 2.17 bits per heavy atom. The second-order valence-corrected chi connectivity index (χ2v) is 13.8. The van der Waals surface area contributed by atoms with Crippen LogP contribution in [0.15, 0.2) is 24.4 Å². The van der Waals surface area contributed by atoms with E-state index in [-0.39, 0.29) is 29.9 Å². The largest absolute Gasteiger partial charge is 0.361 e. The molecule has 1 N–H and O–H groups in total. The summed E-state index contributed by atoms with van der Waals surface area (Å²) in [4.78, 5) is 18.0. The Bertz CT molecular complexity index is 907. The topological polar surface area (TPSA) is 83.2 Å². The Labute approximate surface area is 176 Å². The lowest BCUT2D eigenvalue weighted by Crippen LogP contribution is -2.32. The summed E-state index contributed by atoms with van der Waals surface area (Å²) in [6.07, 6.45) is 1.57. The Kier molecular flexibility index (Phi) is 7.78. The van der Waals surface area contributed by atoms with E-state index in [4.69, 9.17) is 21.6 Å². The molecule has 0 fully saturated rings. The molecule has 7 nitrogen and oxygen atoms in total. The first-order valence-electron chi connectivity index (χ1n) is 9.11. The van der Waals surface area contributed by atoms with Gasteiger partial charge < -0.3 is 15.0 Å². The molecule has 0 saturated carbocycles. The summed E-state index contributed by atoms with van der Waals surface area (Å²) in [5.74, 6) is -0.455. The average molecular weight is 438 g/mol. The highest BCUT2D eigenvalue weighted by molar-refractivity contribution is 6.76. The van der Waals surface area contributed by atoms with Crippen molar-refractivity contribution in [1.29, 1.82) is 5.26 Å². The zero-order chi connectivity index (χ0) is 21.6. The standard InChI is InChI=1S/C19H25ClFN5O2Si/c1-25(15-5-6-17(21)16(20)9-15)18(27)11-23-19-24-14(10-22)12-26(19)13-28-7-8-29(2,3)4/h5-6,9,12H,7-8,11,13H2,1-4H3,(H,23,24). The molecule has 0 saturated heterocycles. The minimum atomic E-state index is -1.19. The minimum Gasteiger partial charge on any atom is -0.361 e. The second kappa shape index (κ2) is 9.87. The van der Waals surface area contributed by atoms with Crippen LogP contribution in [0.4, 0.5) is 16.0 Å². The van der Waals surface area contributed by atoms with Crippen molar-refractivity contribution >= 4 is 37.2 Å². The van der Waals surface area contributed by atoms with Crippen LogP contribution in [0, 0.1) is 17.1 Å². The number of hydrogen-bond acceptors (Lipinski definition) is 5. The Morgan fingerprint density at radius 3 is 2.79 bits per heavy atom. The van der Waals surface area contributed by atoms with Gasteiger partial charge in [-0.15, -0.1) is 0 Å². The van der Waals surface area contributed by atoms with Crippen LogP contribution in [0.1, 0.15) is 5.69 Å². The van der Waals surface area contributed by atoms with Gasteiger partial charge >= 0.3 is 0 Å². The predicted molar refractivity (Wildman–Crippen MR) is 114 cm³/mol. The summed E-state index contributed by atoms with van der Waals surface area (Å²) < 4.78 is 20.7. The second-order valence-electron chi connectivity index (χ2n) is 7.78. The van der Waals surface area contributed by atoms with Crippen LogP contribution in [0.3, 0.4) is 0 Å². The third-order valence-corrected chi connectivity index (χ3v) is 6.17. The lowest BCUT2D eigenvalue weighted by atomic mass is 10.3. The molecule has 0 spiro atoms. The number of aromatic nitrogens is 2. The molecule has 2 aromatic rings. The highest BCUT2D eigenvalue weighted by Crippen LogP contribution is 2.22. The monoisotopic (exact) mass is 437 g/mol. The van der Waals surface area contributed by atoms with Crippen molar-refractivity contribution in [2.75, 3.05) is 30.4 Å². The van der Waals surface area contributed by atoms with Gasteiger partial charge in [-0.3, -0.25) is 9.36 Å². The van der Waals surface area contributed by atoms with Crippen LogP contribution in [0.2, 0.25) is 30.7 Å². The molecule has 1 amide bonds. The maximum atomic E-state index is 13.3. The van der Waals surface area contributed by atoms with E-state index >= 15 is 0 Å².